The fourth-order valence-corrected chi connectivity index (χ4v) is 8.60. The molecule has 9 rings (SSSR count). The van der Waals surface area contributed by atoms with Crippen molar-refractivity contribution < 1.29 is 28.5 Å². The van der Waals surface area contributed by atoms with Crippen molar-refractivity contribution >= 4 is 5.78 Å². The molecule has 0 fully saturated rings. The van der Waals surface area contributed by atoms with Gasteiger partial charge in [-0.05, 0) is 129 Å². The second-order valence-corrected chi connectivity index (χ2v) is 15.3. The summed E-state index contributed by atoms with van der Waals surface area (Å²) in [4.78, 5) is 18.7. The fourth-order valence-electron chi connectivity index (χ4n) is 8.60. The third-order valence-corrected chi connectivity index (χ3v) is 11.8. The van der Waals surface area contributed by atoms with Gasteiger partial charge in [0.25, 0.3) is 0 Å². The van der Waals surface area contributed by atoms with Crippen LogP contribution in [0, 0.1) is 13.8 Å². The summed E-state index contributed by atoms with van der Waals surface area (Å²) >= 11 is 0. The van der Waals surface area contributed by atoms with E-state index in [1.807, 2.05) is 49.4 Å². The van der Waals surface area contributed by atoms with E-state index in [9.17, 15) is 4.79 Å². The maximum absolute atomic E-state index is 13.9. The Morgan fingerprint density at radius 1 is 0.709 bits per heavy atom. The van der Waals surface area contributed by atoms with Crippen LogP contribution in [0.5, 0.6) is 40.2 Å². The monoisotopic (exact) mass is 738 g/mol. The van der Waals surface area contributed by atoms with Crippen LogP contribution in [0.4, 0.5) is 0 Å². The third-order valence-electron chi connectivity index (χ3n) is 11.8. The summed E-state index contributed by atoms with van der Waals surface area (Å²) in [7, 11) is 9.37. The van der Waals surface area contributed by atoms with Crippen molar-refractivity contribution in [1.29, 1.82) is 0 Å². The normalized spacial score (nSPS) is 17.9. The molecule has 4 heterocycles. The number of rotatable bonds is 6. The maximum atomic E-state index is 13.9. The minimum Gasteiger partial charge on any atom is -0.493 e. The van der Waals surface area contributed by atoms with E-state index in [1.165, 1.54) is 16.7 Å². The van der Waals surface area contributed by atoms with E-state index in [1.54, 1.807) is 21.3 Å². The molecule has 5 aromatic carbocycles. The van der Waals surface area contributed by atoms with Gasteiger partial charge in [-0.2, -0.15) is 0 Å². The van der Waals surface area contributed by atoms with E-state index >= 15 is 0 Å². The molecule has 4 aliphatic heterocycles. The summed E-state index contributed by atoms with van der Waals surface area (Å²) in [6.45, 7) is 5.98. The van der Waals surface area contributed by atoms with Gasteiger partial charge in [-0.3, -0.25) is 14.6 Å². The zero-order valence-corrected chi connectivity index (χ0v) is 33.0. The Balaban J connectivity index is 1.34. The first-order valence-corrected chi connectivity index (χ1v) is 19.2. The number of Topliss-reactive ketones (excluding diaryl/α,β-unsaturated/α-hetero) is 1. The number of methoxy groups -OCH3 is 3. The first-order chi connectivity index (χ1) is 26.6. The third kappa shape index (κ3) is 7.05. The van der Waals surface area contributed by atoms with Crippen LogP contribution < -0.4 is 23.7 Å². The molecule has 0 N–H and O–H groups in total. The molecule has 55 heavy (non-hydrogen) atoms. The van der Waals surface area contributed by atoms with E-state index in [2.05, 4.69) is 67.2 Å². The fraction of sp³-hybridized carbons (Fsp3) is 0.340. The molecular formula is C47H50N2O6. The molecule has 8 nitrogen and oxygen atoms in total. The minimum atomic E-state index is -0.122. The van der Waals surface area contributed by atoms with Crippen LogP contribution in [0.25, 0.3) is 0 Å². The summed E-state index contributed by atoms with van der Waals surface area (Å²) in [6.07, 6.45) is 3.44. The van der Waals surface area contributed by atoms with Crippen molar-refractivity contribution in [1.82, 2.24) is 9.80 Å². The van der Waals surface area contributed by atoms with Crippen LogP contribution in [-0.2, 0) is 32.1 Å². The molecule has 4 aliphatic rings. The summed E-state index contributed by atoms with van der Waals surface area (Å²) in [5.74, 6) is 4.62. The van der Waals surface area contributed by atoms with Crippen molar-refractivity contribution in [3.63, 3.8) is 0 Å². The second-order valence-electron chi connectivity index (χ2n) is 15.3. The Morgan fingerprint density at radius 2 is 1.42 bits per heavy atom. The molecule has 0 amide bonds. The lowest BCUT2D eigenvalue weighted by Gasteiger charge is -2.38. The Hall–Kier alpha value is -5.31. The maximum Gasteiger partial charge on any atom is 0.204 e. The van der Waals surface area contributed by atoms with Crippen molar-refractivity contribution in [3.8, 4) is 40.2 Å². The number of aryl methyl sites for hydroxylation is 2. The topological polar surface area (TPSA) is 69.7 Å². The Morgan fingerprint density at radius 3 is 2.13 bits per heavy atom. The first kappa shape index (κ1) is 36.7. The van der Waals surface area contributed by atoms with Gasteiger partial charge >= 0.3 is 0 Å². The molecule has 5 aromatic rings. The van der Waals surface area contributed by atoms with Gasteiger partial charge in [0.05, 0.1) is 21.3 Å². The molecule has 0 aliphatic carbocycles. The highest BCUT2D eigenvalue weighted by Crippen LogP contribution is 2.51. The van der Waals surface area contributed by atoms with Gasteiger partial charge in [0, 0.05) is 42.7 Å². The summed E-state index contributed by atoms with van der Waals surface area (Å²) in [5, 5.41) is 0. The number of benzene rings is 5. The van der Waals surface area contributed by atoms with Crippen LogP contribution in [-0.4, -0.2) is 64.1 Å². The lowest BCUT2D eigenvalue weighted by Crippen LogP contribution is -2.34. The van der Waals surface area contributed by atoms with E-state index in [0.717, 1.165) is 77.2 Å². The number of ether oxygens (including phenoxy) is 5. The van der Waals surface area contributed by atoms with Crippen LogP contribution in [0.1, 0.15) is 72.5 Å². The van der Waals surface area contributed by atoms with Crippen LogP contribution in [0.3, 0.4) is 0 Å². The Bertz CT molecular complexity index is 2250. The molecule has 6 bridgehead atoms. The Kier molecular flexibility index (Phi) is 10.1. The number of carbonyl (C=O) groups excluding carboxylic acids is 1. The smallest absolute Gasteiger partial charge is 0.204 e. The molecule has 0 radical (unpaired) electrons. The number of carbonyl (C=O) groups is 1. The average molecular weight is 739 g/mol. The number of fused-ring (bicyclic) bond motifs is 2. The van der Waals surface area contributed by atoms with Crippen LogP contribution in [0.15, 0.2) is 78.9 Å². The zero-order chi connectivity index (χ0) is 38.4. The van der Waals surface area contributed by atoms with Gasteiger partial charge in [-0.15, -0.1) is 0 Å². The summed E-state index contributed by atoms with van der Waals surface area (Å²) in [5.41, 5.74) is 10.8. The summed E-state index contributed by atoms with van der Waals surface area (Å²) < 4.78 is 31.8. The van der Waals surface area contributed by atoms with E-state index in [0.29, 0.717) is 40.7 Å². The molecule has 0 spiro atoms. The quantitative estimate of drug-likeness (QED) is 0.160. The zero-order valence-electron chi connectivity index (χ0n) is 33.0. The molecule has 0 saturated carbocycles. The van der Waals surface area contributed by atoms with Gasteiger partial charge in [-0.1, -0.05) is 48.0 Å². The second kappa shape index (κ2) is 15.1. The molecule has 8 heteroatoms. The highest BCUT2D eigenvalue weighted by Gasteiger charge is 2.35. The predicted molar refractivity (Wildman–Crippen MR) is 215 cm³/mol. The average Bonchev–Trinajstić information content (AvgIpc) is 3.18. The predicted octanol–water partition coefficient (Wildman–Crippen LogP) is 9.20. The molecule has 284 valence electrons. The van der Waals surface area contributed by atoms with Crippen LogP contribution >= 0.6 is 0 Å². The number of likely N-dealkylation sites (N-methyl/N-ethyl adjacent to an activating group) is 2. The number of hydrogen-bond donors (Lipinski definition) is 0. The highest BCUT2D eigenvalue weighted by atomic mass is 16.5. The largest absolute Gasteiger partial charge is 0.493 e. The lowest BCUT2D eigenvalue weighted by molar-refractivity contribution is 0.0992. The van der Waals surface area contributed by atoms with Crippen molar-refractivity contribution in [2.24, 2.45) is 0 Å². The molecule has 0 saturated heterocycles. The van der Waals surface area contributed by atoms with E-state index in [-0.39, 0.29) is 24.3 Å². The molecule has 0 aromatic heterocycles. The SMILES string of the molecule is COc1cc(CC(=O)c2ccc(C)cc2)c2cc1Oc1ccc(cc1)C[C@H]1c3cc(c(C)cc3CCN1C)Oc1c(OC)c(OC)cc3c1[C@H](C2)N(C)CC3. The standard InChI is InChI=1S/C47H50N2O6/c1-28-8-12-31(13-9-28)40(50)23-35-25-42(51-5)43-26-34(35)22-39-45-33(17-19-49(39)4)24-44(52-6)46(53-7)47(45)55-41-27-37-32(20-29(41)2)16-18-48(3)38(37)21-30-10-14-36(54-43)15-11-30/h8-15,20,24-27,38-39H,16-19,21-23H2,1-7H3/t38-,39-/m0/s1. The molecule has 2 atom stereocenters. The summed E-state index contributed by atoms with van der Waals surface area (Å²) in [6, 6.07) is 26.9. The first-order valence-electron chi connectivity index (χ1n) is 19.2. The van der Waals surface area contributed by atoms with Crippen molar-refractivity contribution in [2.45, 2.75) is 58.0 Å². The van der Waals surface area contributed by atoms with E-state index in [4.69, 9.17) is 23.7 Å². The number of hydrogen-bond acceptors (Lipinski definition) is 8. The Labute approximate surface area is 324 Å². The van der Waals surface area contributed by atoms with Crippen molar-refractivity contribution in [2.75, 3.05) is 48.5 Å². The molecular weight excluding hydrogens is 689 g/mol. The van der Waals surface area contributed by atoms with Gasteiger partial charge in [-0.25, -0.2) is 0 Å². The van der Waals surface area contributed by atoms with Gasteiger partial charge < -0.3 is 23.7 Å². The minimum absolute atomic E-state index is 0.0432. The highest BCUT2D eigenvalue weighted by molar-refractivity contribution is 5.97. The number of nitrogens with zero attached hydrogens (tertiary/aromatic N) is 2. The number of ketones is 1. The van der Waals surface area contributed by atoms with Crippen molar-refractivity contribution in [3.05, 3.63) is 134 Å². The van der Waals surface area contributed by atoms with Gasteiger partial charge in [0.15, 0.2) is 28.8 Å². The van der Waals surface area contributed by atoms with Gasteiger partial charge in [0.1, 0.15) is 11.5 Å². The van der Waals surface area contributed by atoms with Gasteiger partial charge in [0.2, 0.25) is 5.75 Å². The molecule has 0 unspecified atom stereocenters. The lowest BCUT2D eigenvalue weighted by atomic mass is 9.85. The van der Waals surface area contributed by atoms with E-state index < -0.39 is 0 Å². The van der Waals surface area contributed by atoms with Crippen LogP contribution in [0.2, 0.25) is 0 Å².